The third-order valence-corrected chi connectivity index (χ3v) is 3.40. The predicted octanol–water partition coefficient (Wildman–Crippen LogP) is 3.09. The number of urea groups is 1. The largest absolute Gasteiger partial charge is 0.394 e. The van der Waals surface area contributed by atoms with E-state index in [9.17, 15) is 4.79 Å². The van der Waals surface area contributed by atoms with Gasteiger partial charge in [-0.15, -0.1) is 0 Å². The molecule has 0 aliphatic carbocycles. The Labute approximate surface area is 115 Å². The summed E-state index contributed by atoms with van der Waals surface area (Å²) in [6, 6.07) is 7.40. The Morgan fingerprint density at radius 2 is 1.84 bits per heavy atom. The van der Waals surface area contributed by atoms with Gasteiger partial charge in [0.25, 0.3) is 0 Å². The lowest BCUT2D eigenvalue weighted by molar-refractivity contribution is 0.222. The summed E-state index contributed by atoms with van der Waals surface area (Å²) in [6.45, 7) is 6.21. The molecule has 2 atom stereocenters. The van der Waals surface area contributed by atoms with Crippen LogP contribution in [-0.4, -0.2) is 23.8 Å². The molecule has 0 spiro atoms. The Kier molecular flexibility index (Phi) is 6.36. The van der Waals surface area contributed by atoms with Gasteiger partial charge < -0.3 is 15.7 Å². The summed E-state index contributed by atoms with van der Waals surface area (Å²) in [5.74, 6) is 0.529. The number of carbonyl (C=O) groups excluding carboxylic acids is 1. The Morgan fingerprint density at radius 3 is 2.32 bits per heavy atom. The molecule has 106 valence electrons. The molecule has 19 heavy (non-hydrogen) atoms. The van der Waals surface area contributed by atoms with Crippen LogP contribution in [0.5, 0.6) is 0 Å². The molecular formula is C15H24N2O2. The van der Waals surface area contributed by atoms with Crippen molar-refractivity contribution in [2.24, 2.45) is 0 Å². The molecule has 0 unspecified atom stereocenters. The van der Waals surface area contributed by atoms with E-state index >= 15 is 0 Å². The van der Waals surface area contributed by atoms with E-state index in [0.717, 1.165) is 12.1 Å². The fourth-order valence-electron chi connectivity index (χ4n) is 1.76. The first-order valence-electron chi connectivity index (χ1n) is 6.89. The highest BCUT2D eigenvalue weighted by molar-refractivity contribution is 5.89. The summed E-state index contributed by atoms with van der Waals surface area (Å²) >= 11 is 0. The molecule has 0 aromatic heterocycles. The fourth-order valence-corrected chi connectivity index (χ4v) is 1.76. The van der Waals surface area contributed by atoms with E-state index in [2.05, 4.69) is 24.5 Å². The zero-order chi connectivity index (χ0) is 14.3. The highest BCUT2D eigenvalue weighted by Gasteiger charge is 2.09. The van der Waals surface area contributed by atoms with E-state index in [1.165, 1.54) is 5.56 Å². The molecular weight excluding hydrogens is 240 g/mol. The molecule has 0 radical (unpaired) electrons. The number of aliphatic hydroxyl groups excluding tert-OH is 1. The van der Waals surface area contributed by atoms with Crippen LogP contribution in [0.25, 0.3) is 0 Å². The molecule has 4 nitrogen and oxygen atoms in total. The number of nitrogens with one attached hydrogen (secondary N) is 2. The SMILES string of the molecule is CC[C@@H](CO)NC(=O)Nc1ccc([C@@H](C)CC)cc1. The minimum absolute atomic E-state index is 0.0448. The van der Waals surface area contributed by atoms with Gasteiger partial charge in [0, 0.05) is 5.69 Å². The van der Waals surface area contributed by atoms with Gasteiger partial charge in [0.1, 0.15) is 0 Å². The highest BCUT2D eigenvalue weighted by Crippen LogP contribution is 2.20. The van der Waals surface area contributed by atoms with Crippen molar-refractivity contribution in [3.8, 4) is 0 Å². The molecule has 1 rings (SSSR count). The van der Waals surface area contributed by atoms with Gasteiger partial charge in [0.2, 0.25) is 0 Å². The maximum absolute atomic E-state index is 11.7. The summed E-state index contributed by atoms with van der Waals surface area (Å²) in [6.07, 6.45) is 1.80. The summed E-state index contributed by atoms with van der Waals surface area (Å²) in [5, 5.41) is 14.5. The molecule has 0 heterocycles. The monoisotopic (exact) mass is 264 g/mol. The lowest BCUT2D eigenvalue weighted by Crippen LogP contribution is -2.39. The third-order valence-electron chi connectivity index (χ3n) is 3.40. The van der Waals surface area contributed by atoms with Crippen molar-refractivity contribution in [3.63, 3.8) is 0 Å². The summed E-state index contributed by atoms with van der Waals surface area (Å²) < 4.78 is 0. The number of carbonyl (C=O) groups is 1. The Bertz CT molecular complexity index is 386. The summed E-state index contributed by atoms with van der Waals surface area (Å²) in [4.78, 5) is 11.7. The van der Waals surface area contributed by atoms with E-state index in [4.69, 9.17) is 5.11 Å². The van der Waals surface area contributed by atoms with Gasteiger partial charge in [-0.1, -0.05) is 32.9 Å². The molecule has 1 aromatic carbocycles. The molecule has 0 fully saturated rings. The number of hydrogen-bond acceptors (Lipinski definition) is 2. The Balaban J connectivity index is 2.55. The van der Waals surface area contributed by atoms with Gasteiger partial charge in [-0.25, -0.2) is 4.79 Å². The zero-order valence-corrected chi connectivity index (χ0v) is 11.9. The van der Waals surface area contributed by atoms with Gasteiger partial charge in [-0.05, 0) is 36.5 Å². The maximum Gasteiger partial charge on any atom is 0.319 e. The Hall–Kier alpha value is -1.55. The van der Waals surface area contributed by atoms with Gasteiger partial charge >= 0.3 is 6.03 Å². The van der Waals surface area contributed by atoms with E-state index in [1.807, 2.05) is 31.2 Å². The summed E-state index contributed by atoms with van der Waals surface area (Å²) in [7, 11) is 0. The van der Waals surface area contributed by atoms with Gasteiger partial charge in [0.15, 0.2) is 0 Å². The third kappa shape index (κ3) is 4.91. The first-order chi connectivity index (χ1) is 9.10. The van der Waals surface area contributed by atoms with Crippen LogP contribution in [0.2, 0.25) is 0 Å². The number of aliphatic hydroxyl groups is 1. The van der Waals surface area contributed by atoms with Crippen molar-refractivity contribution in [3.05, 3.63) is 29.8 Å². The van der Waals surface area contributed by atoms with Crippen molar-refractivity contribution in [1.82, 2.24) is 5.32 Å². The van der Waals surface area contributed by atoms with Crippen molar-refractivity contribution < 1.29 is 9.90 Å². The van der Waals surface area contributed by atoms with Crippen molar-refractivity contribution in [2.45, 2.75) is 45.6 Å². The molecule has 2 amide bonds. The van der Waals surface area contributed by atoms with Gasteiger partial charge in [-0.2, -0.15) is 0 Å². The van der Waals surface area contributed by atoms with Crippen LogP contribution in [0.3, 0.4) is 0 Å². The van der Waals surface area contributed by atoms with Crippen LogP contribution in [0, 0.1) is 0 Å². The Morgan fingerprint density at radius 1 is 1.21 bits per heavy atom. The fraction of sp³-hybridized carbons (Fsp3) is 0.533. The van der Waals surface area contributed by atoms with Crippen molar-refractivity contribution in [2.75, 3.05) is 11.9 Å². The van der Waals surface area contributed by atoms with Crippen LogP contribution < -0.4 is 10.6 Å². The average Bonchev–Trinajstić information content (AvgIpc) is 2.44. The molecule has 0 saturated carbocycles. The topological polar surface area (TPSA) is 61.4 Å². The lowest BCUT2D eigenvalue weighted by Gasteiger charge is -2.15. The van der Waals surface area contributed by atoms with Crippen LogP contribution >= 0.6 is 0 Å². The lowest BCUT2D eigenvalue weighted by atomic mass is 9.99. The van der Waals surface area contributed by atoms with Crippen molar-refractivity contribution in [1.29, 1.82) is 0 Å². The maximum atomic E-state index is 11.7. The molecule has 4 heteroatoms. The number of anilines is 1. The number of hydrogen-bond donors (Lipinski definition) is 3. The summed E-state index contributed by atoms with van der Waals surface area (Å²) in [5.41, 5.74) is 2.03. The predicted molar refractivity (Wildman–Crippen MR) is 78.5 cm³/mol. The van der Waals surface area contributed by atoms with Crippen LogP contribution in [-0.2, 0) is 0 Å². The number of rotatable bonds is 6. The van der Waals surface area contributed by atoms with E-state index in [-0.39, 0.29) is 18.7 Å². The molecule has 0 aliphatic rings. The molecule has 0 saturated heterocycles. The van der Waals surface area contributed by atoms with E-state index in [0.29, 0.717) is 12.3 Å². The smallest absolute Gasteiger partial charge is 0.319 e. The van der Waals surface area contributed by atoms with Crippen LogP contribution in [0.4, 0.5) is 10.5 Å². The molecule has 3 N–H and O–H groups in total. The average molecular weight is 264 g/mol. The molecule has 1 aromatic rings. The van der Waals surface area contributed by atoms with Gasteiger partial charge in [0.05, 0.1) is 12.6 Å². The molecule has 0 bridgehead atoms. The second kappa shape index (κ2) is 7.79. The molecule has 0 aliphatic heterocycles. The van der Waals surface area contributed by atoms with Gasteiger partial charge in [-0.3, -0.25) is 0 Å². The van der Waals surface area contributed by atoms with Crippen molar-refractivity contribution >= 4 is 11.7 Å². The highest BCUT2D eigenvalue weighted by atomic mass is 16.3. The van der Waals surface area contributed by atoms with E-state index < -0.39 is 0 Å². The normalized spacial score (nSPS) is 13.7. The van der Waals surface area contributed by atoms with Crippen LogP contribution in [0.15, 0.2) is 24.3 Å². The first-order valence-corrected chi connectivity index (χ1v) is 6.89. The first kappa shape index (κ1) is 15.5. The van der Waals surface area contributed by atoms with Crippen LogP contribution in [0.1, 0.15) is 45.1 Å². The second-order valence-electron chi connectivity index (χ2n) is 4.82. The standard InChI is InChI=1S/C15H24N2O2/c1-4-11(3)12-6-8-14(9-7-12)17-15(19)16-13(5-2)10-18/h6-9,11,13,18H,4-5,10H2,1-3H3,(H2,16,17,19)/t11-,13-/m0/s1. The zero-order valence-electron chi connectivity index (χ0n) is 11.9. The number of amides is 2. The number of benzene rings is 1. The minimum atomic E-state index is -0.280. The van der Waals surface area contributed by atoms with E-state index in [1.54, 1.807) is 0 Å². The quantitative estimate of drug-likeness (QED) is 0.739. The second-order valence-corrected chi connectivity index (χ2v) is 4.82. The minimum Gasteiger partial charge on any atom is -0.394 e.